The van der Waals surface area contributed by atoms with Gasteiger partial charge in [-0.15, -0.1) is 11.3 Å². The van der Waals surface area contributed by atoms with Crippen molar-refractivity contribution in [3.63, 3.8) is 0 Å². The largest absolute Gasteiger partial charge is 0.387 e. The first-order valence-corrected chi connectivity index (χ1v) is 5.79. The van der Waals surface area contributed by atoms with Crippen molar-refractivity contribution in [3.05, 3.63) is 15.6 Å². The van der Waals surface area contributed by atoms with Crippen LogP contribution in [-0.4, -0.2) is 10.1 Å². The molecule has 72 valence electrons. The zero-order chi connectivity index (χ0) is 9.26. The van der Waals surface area contributed by atoms with Gasteiger partial charge >= 0.3 is 0 Å². The molecule has 1 aliphatic carbocycles. The lowest BCUT2D eigenvalue weighted by atomic mass is 10.0. The molecule has 1 unspecified atom stereocenters. The molecule has 1 aromatic rings. The fourth-order valence-corrected chi connectivity index (χ4v) is 3.03. The highest BCUT2D eigenvalue weighted by Gasteiger charge is 2.22. The van der Waals surface area contributed by atoms with Crippen LogP contribution in [0.15, 0.2) is 0 Å². The summed E-state index contributed by atoms with van der Waals surface area (Å²) in [6.45, 7) is 2.16. The first-order chi connectivity index (χ1) is 6.31. The summed E-state index contributed by atoms with van der Waals surface area (Å²) in [5.41, 5.74) is 0.972. The summed E-state index contributed by atoms with van der Waals surface area (Å²) in [6, 6.07) is 0. The molecule has 0 radical (unpaired) electrons. The highest BCUT2D eigenvalue weighted by Crippen LogP contribution is 2.33. The van der Waals surface area contributed by atoms with Crippen LogP contribution >= 0.6 is 11.3 Å². The number of thiazole rings is 1. The Kier molecular flexibility index (Phi) is 2.65. The molecule has 2 rings (SSSR count). The Morgan fingerprint density at radius 2 is 2.46 bits per heavy atom. The Hall–Kier alpha value is -0.410. The van der Waals surface area contributed by atoms with E-state index < -0.39 is 0 Å². The first kappa shape index (κ1) is 9.16. The molecule has 0 aromatic carbocycles. The number of aromatic nitrogens is 1. The molecule has 0 amide bonds. The van der Waals surface area contributed by atoms with Gasteiger partial charge in [-0.05, 0) is 32.1 Å². The lowest BCUT2D eigenvalue weighted by Gasteiger charge is -2.14. The third-order valence-corrected chi connectivity index (χ3v) is 3.62. The molecule has 0 saturated carbocycles. The standard InChI is InChI=1S/C10H15NOS/c1-2-4-9-11-10-7(12)5-3-6-8(10)13-9/h7,12H,2-6H2,1H3. The van der Waals surface area contributed by atoms with Crippen molar-refractivity contribution in [2.24, 2.45) is 0 Å². The Bertz CT molecular complexity index is 295. The summed E-state index contributed by atoms with van der Waals surface area (Å²) in [4.78, 5) is 5.81. The van der Waals surface area contributed by atoms with Crippen LogP contribution in [0.5, 0.6) is 0 Å². The summed E-state index contributed by atoms with van der Waals surface area (Å²) in [6.07, 6.45) is 5.04. The van der Waals surface area contributed by atoms with Crippen molar-refractivity contribution in [1.29, 1.82) is 0 Å². The second-order valence-corrected chi connectivity index (χ2v) is 4.74. The molecular formula is C10H15NOS. The molecule has 0 aliphatic heterocycles. The molecule has 0 fully saturated rings. The van der Waals surface area contributed by atoms with Crippen molar-refractivity contribution in [2.75, 3.05) is 0 Å². The average Bonchev–Trinajstić information content (AvgIpc) is 2.49. The highest BCUT2D eigenvalue weighted by molar-refractivity contribution is 7.11. The van der Waals surface area contributed by atoms with E-state index in [0.717, 1.165) is 37.8 Å². The highest BCUT2D eigenvalue weighted by atomic mass is 32.1. The van der Waals surface area contributed by atoms with Crippen LogP contribution in [0.25, 0.3) is 0 Å². The van der Waals surface area contributed by atoms with E-state index in [0.29, 0.717) is 0 Å². The van der Waals surface area contributed by atoms with E-state index in [4.69, 9.17) is 0 Å². The smallest absolute Gasteiger partial charge is 0.0971 e. The Morgan fingerprint density at radius 3 is 3.15 bits per heavy atom. The SMILES string of the molecule is CCCc1nc2c(s1)CCCC2O. The van der Waals surface area contributed by atoms with Gasteiger partial charge < -0.3 is 5.11 Å². The summed E-state index contributed by atoms with van der Waals surface area (Å²) < 4.78 is 0. The van der Waals surface area contributed by atoms with Crippen molar-refractivity contribution >= 4 is 11.3 Å². The van der Waals surface area contributed by atoms with Crippen LogP contribution in [0, 0.1) is 0 Å². The normalized spacial score (nSPS) is 21.5. The molecular weight excluding hydrogens is 182 g/mol. The number of hydrogen-bond acceptors (Lipinski definition) is 3. The third kappa shape index (κ3) is 1.76. The molecule has 0 spiro atoms. The summed E-state index contributed by atoms with van der Waals surface area (Å²) in [5.74, 6) is 0. The number of aliphatic hydroxyl groups is 1. The summed E-state index contributed by atoms with van der Waals surface area (Å²) >= 11 is 1.79. The summed E-state index contributed by atoms with van der Waals surface area (Å²) in [5, 5.41) is 10.9. The van der Waals surface area contributed by atoms with Crippen LogP contribution in [0.4, 0.5) is 0 Å². The van der Waals surface area contributed by atoms with E-state index in [1.54, 1.807) is 11.3 Å². The molecule has 0 saturated heterocycles. The predicted octanol–water partition coefficient (Wildman–Crippen LogP) is 2.47. The quantitative estimate of drug-likeness (QED) is 0.790. The van der Waals surface area contributed by atoms with Gasteiger partial charge in [-0.1, -0.05) is 6.92 Å². The minimum atomic E-state index is -0.286. The number of nitrogens with zero attached hydrogens (tertiary/aromatic N) is 1. The number of rotatable bonds is 2. The molecule has 1 aliphatic rings. The maximum Gasteiger partial charge on any atom is 0.0971 e. The van der Waals surface area contributed by atoms with E-state index in [1.165, 1.54) is 9.88 Å². The van der Waals surface area contributed by atoms with Crippen LogP contribution in [0.2, 0.25) is 0 Å². The van der Waals surface area contributed by atoms with Crippen molar-refractivity contribution in [1.82, 2.24) is 4.98 Å². The average molecular weight is 197 g/mol. The molecule has 1 aromatic heterocycles. The van der Waals surface area contributed by atoms with Gasteiger partial charge in [0.1, 0.15) is 0 Å². The van der Waals surface area contributed by atoms with Crippen LogP contribution < -0.4 is 0 Å². The minimum absolute atomic E-state index is 0.286. The first-order valence-electron chi connectivity index (χ1n) is 4.97. The molecule has 2 nitrogen and oxygen atoms in total. The molecule has 1 heterocycles. The maximum atomic E-state index is 9.69. The van der Waals surface area contributed by atoms with Crippen molar-refractivity contribution in [2.45, 2.75) is 45.1 Å². The fourth-order valence-electron chi connectivity index (χ4n) is 1.77. The second-order valence-electron chi connectivity index (χ2n) is 3.57. The van der Waals surface area contributed by atoms with E-state index in [2.05, 4.69) is 11.9 Å². The molecule has 1 atom stereocenters. The topological polar surface area (TPSA) is 33.1 Å². The fraction of sp³-hybridized carbons (Fsp3) is 0.700. The number of aliphatic hydroxyl groups excluding tert-OH is 1. The number of hydrogen-bond donors (Lipinski definition) is 1. The van der Waals surface area contributed by atoms with E-state index in [9.17, 15) is 5.11 Å². The second kappa shape index (κ2) is 3.76. The monoisotopic (exact) mass is 197 g/mol. The predicted molar refractivity (Wildman–Crippen MR) is 54.0 cm³/mol. The van der Waals surface area contributed by atoms with Gasteiger partial charge in [-0.25, -0.2) is 4.98 Å². The van der Waals surface area contributed by atoms with Crippen molar-refractivity contribution < 1.29 is 5.11 Å². The third-order valence-electron chi connectivity index (χ3n) is 2.43. The van der Waals surface area contributed by atoms with Crippen molar-refractivity contribution in [3.8, 4) is 0 Å². The summed E-state index contributed by atoms with van der Waals surface area (Å²) in [7, 11) is 0. The van der Waals surface area contributed by atoms with E-state index in [1.807, 2.05) is 0 Å². The molecule has 0 bridgehead atoms. The molecule has 3 heteroatoms. The van der Waals surface area contributed by atoms with E-state index >= 15 is 0 Å². The number of aryl methyl sites for hydroxylation is 2. The van der Waals surface area contributed by atoms with Gasteiger partial charge in [-0.2, -0.15) is 0 Å². The Labute approximate surface area is 82.6 Å². The van der Waals surface area contributed by atoms with Crippen LogP contribution in [0.1, 0.15) is 47.9 Å². The Balaban J connectivity index is 2.25. The van der Waals surface area contributed by atoms with Crippen LogP contribution in [-0.2, 0) is 12.8 Å². The van der Waals surface area contributed by atoms with E-state index in [-0.39, 0.29) is 6.10 Å². The lowest BCUT2D eigenvalue weighted by Crippen LogP contribution is -2.07. The van der Waals surface area contributed by atoms with Gasteiger partial charge in [0.25, 0.3) is 0 Å². The van der Waals surface area contributed by atoms with Gasteiger partial charge in [-0.3, -0.25) is 0 Å². The zero-order valence-corrected chi connectivity index (χ0v) is 8.73. The number of fused-ring (bicyclic) bond motifs is 1. The van der Waals surface area contributed by atoms with Crippen LogP contribution in [0.3, 0.4) is 0 Å². The molecule has 1 N–H and O–H groups in total. The van der Waals surface area contributed by atoms with Gasteiger partial charge in [0.15, 0.2) is 0 Å². The Morgan fingerprint density at radius 1 is 1.62 bits per heavy atom. The van der Waals surface area contributed by atoms with Gasteiger partial charge in [0.2, 0.25) is 0 Å². The van der Waals surface area contributed by atoms with Gasteiger partial charge in [0.05, 0.1) is 16.8 Å². The maximum absolute atomic E-state index is 9.69. The minimum Gasteiger partial charge on any atom is -0.387 e. The molecule has 13 heavy (non-hydrogen) atoms. The van der Waals surface area contributed by atoms with Gasteiger partial charge in [0, 0.05) is 4.88 Å². The zero-order valence-electron chi connectivity index (χ0n) is 7.92. The lowest BCUT2D eigenvalue weighted by molar-refractivity contribution is 0.153.